The summed E-state index contributed by atoms with van der Waals surface area (Å²) in [6, 6.07) is 13.5. The fraction of sp³-hybridized carbons (Fsp3) is 0.286. The molecular formula is C21H19F2N5S. The van der Waals surface area contributed by atoms with Gasteiger partial charge in [0.2, 0.25) is 5.13 Å². The Bertz CT molecular complexity index is 1020. The van der Waals surface area contributed by atoms with E-state index < -0.39 is 11.6 Å². The van der Waals surface area contributed by atoms with Gasteiger partial charge in [-0.15, -0.1) is 0 Å². The summed E-state index contributed by atoms with van der Waals surface area (Å²) in [7, 11) is 0. The van der Waals surface area contributed by atoms with E-state index in [1.165, 1.54) is 23.7 Å². The molecule has 0 N–H and O–H groups in total. The van der Waals surface area contributed by atoms with E-state index >= 15 is 0 Å². The summed E-state index contributed by atoms with van der Waals surface area (Å²) in [4.78, 5) is 9.19. The van der Waals surface area contributed by atoms with E-state index in [1.807, 2.05) is 12.1 Å². The van der Waals surface area contributed by atoms with Gasteiger partial charge in [0.15, 0.2) is 17.5 Å². The summed E-state index contributed by atoms with van der Waals surface area (Å²) in [6.07, 6.45) is 0.693. The second-order valence-electron chi connectivity index (χ2n) is 6.92. The summed E-state index contributed by atoms with van der Waals surface area (Å²) in [5.41, 5.74) is 2.32. The molecule has 1 fully saturated rings. The lowest BCUT2D eigenvalue weighted by molar-refractivity contribution is 0.261. The number of aromatic nitrogens is 2. The molecule has 0 radical (unpaired) electrons. The van der Waals surface area contributed by atoms with Gasteiger partial charge in [-0.3, -0.25) is 4.90 Å². The third kappa shape index (κ3) is 4.58. The van der Waals surface area contributed by atoms with Crippen molar-refractivity contribution in [1.29, 1.82) is 5.26 Å². The Morgan fingerprint density at radius 3 is 2.45 bits per heavy atom. The number of nitriles is 1. The van der Waals surface area contributed by atoms with Crippen LogP contribution < -0.4 is 4.90 Å². The number of halogens is 2. The number of benzene rings is 2. The molecule has 4 rings (SSSR count). The fourth-order valence-corrected chi connectivity index (χ4v) is 4.04. The molecule has 29 heavy (non-hydrogen) atoms. The van der Waals surface area contributed by atoms with Gasteiger partial charge in [0, 0.05) is 49.8 Å². The van der Waals surface area contributed by atoms with E-state index in [4.69, 9.17) is 5.26 Å². The molecule has 0 atom stereocenters. The molecule has 2 heterocycles. The van der Waals surface area contributed by atoms with Crippen LogP contribution >= 0.6 is 11.5 Å². The topological polar surface area (TPSA) is 56.1 Å². The van der Waals surface area contributed by atoms with Gasteiger partial charge in [-0.1, -0.05) is 6.07 Å². The first-order chi connectivity index (χ1) is 14.1. The minimum Gasteiger partial charge on any atom is -0.344 e. The summed E-state index contributed by atoms with van der Waals surface area (Å²) in [6.45, 7) is 4.27. The summed E-state index contributed by atoms with van der Waals surface area (Å²) < 4.78 is 30.8. The standard InChI is InChI=1S/C21H19F2N5S/c22-18-6-3-15(13-19(18)23)7-8-27-9-11-28(12-10-27)21-25-20(26-29-21)17-4-1-16(14-24)2-5-17/h1-6,13H,7-12H2. The lowest BCUT2D eigenvalue weighted by atomic mass is 10.1. The van der Waals surface area contributed by atoms with E-state index in [1.54, 1.807) is 18.2 Å². The molecule has 1 aromatic heterocycles. The van der Waals surface area contributed by atoms with Crippen LogP contribution in [0.25, 0.3) is 11.4 Å². The maximum Gasteiger partial charge on any atom is 0.205 e. The lowest BCUT2D eigenvalue weighted by Gasteiger charge is -2.34. The van der Waals surface area contributed by atoms with Gasteiger partial charge in [-0.05, 0) is 48.4 Å². The van der Waals surface area contributed by atoms with E-state index in [9.17, 15) is 8.78 Å². The first-order valence-corrected chi connectivity index (χ1v) is 10.2. The predicted octanol–water partition coefficient (Wildman–Crippen LogP) is 3.72. The molecular weight excluding hydrogens is 392 g/mol. The maximum atomic E-state index is 13.3. The zero-order valence-corrected chi connectivity index (χ0v) is 16.5. The van der Waals surface area contributed by atoms with Gasteiger partial charge in [-0.25, -0.2) is 8.78 Å². The number of nitrogens with zero attached hydrogens (tertiary/aromatic N) is 5. The van der Waals surface area contributed by atoms with Crippen molar-refractivity contribution in [3.8, 4) is 17.5 Å². The molecule has 0 amide bonds. The molecule has 5 nitrogen and oxygen atoms in total. The average Bonchev–Trinajstić information content (AvgIpc) is 3.25. The summed E-state index contributed by atoms with van der Waals surface area (Å²) >= 11 is 1.38. The molecule has 2 aromatic carbocycles. The van der Waals surface area contributed by atoms with Crippen molar-refractivity contribution in [2.24, 2.45) is 0 Å². The molecule has 148 valence electrons. The number of piperazine rings is 1. The highest BCUT2D eigenvalue weighted by molar-refractivity contribution is 7.09. The van der Waals surface area contributed by atoms with E-state index in [0.29, 0.717) is 17.8 Å². The summed E-state index contributed by atoms with van der Waals surface area (Å²) in [5.74, 6) is -0.920. The zero-order chi connectivity index (χ0) is 20.2. The van der Waals surface area contributed by atoms with Crippen LogP contribution in [0.1, 0.15) is 11.1 Å². The second-order valence-corrected chi connectivity index (χ2v) is 7.65. The van der Waals surface area contributed by atoms with Crippen LogP contribution in [-0.2, 0) is 6.42 Å². The fourth-order valence-electron chi connectivity index (χ4n) is 3.30. The SMILES string of the molecule is N#Cc1ccc(-c2nsc(N3CCN(CCc4ccc(F)c(F)c4)CC3)n2)cc1. The third-order valence-electron chi connectivity index (χ3n) is 5.03. The zero-order valence-electron chi connectivity index (χ0n) is 15.7. The second kappa shape index (κ2) is 8.64. The highest BCUT2D eigenvalue weighted by Gasteiger charge is 2.20. The van der Waals surface area contributed by atoms with Crippen LogP contribution in [0, 0.1) is 23.0 Å². The first-order valence-electron chi connectivity index (χ1n) is 9.38. The predicted molar refractivity (Wildman–Crippen MR) is 109 cm³/mol. The largest absolute Gasteiger partial charge is 0.344 e. The molecule has 0 aliphatic carbocycles. The van der Waals surface area contributed by atoms with Crippen LogP contribution in [-0.4, -0.2) is 47.0 Å². The Hall–Kier alpha value is -2.89. The molecule has 0 spiro atoms. The molecule has 3 aromatic rings. The lowest BCUT2D eigenvalue weighted by Crippen LogP contribution is -2.47. The van der Waals surface area contributed by atoms with Crippen molar-refractivity contribution >= 4 is 16.7 Å². The van der Waals surface area contributed by atoms with Crippen molar-refractivity contribution in [3.05, 3.63) is 65.2 Å². The first kappa shape index (κ1) is 19.4. The molecule has 8 heteroatoms. The number of anilines is 1. The Labute approximate surface area is 172 Å². The van der Waals surface area contributed by atoms with Crippen molar-refractivity contribution < 1.29 is 8.78 Å². The van der Waals surface area contributed by atoms with Crippen LogP contribution in [0.15, 0.2) is 42.5 Å². The minimum absolute atomic E-state index is 0.615. The van der Waals surface area contributed by atoms with Crippen LogP contribution in [0.4, 0.5) is 13.9 Å². The van der Waals surface area contributed by atoms with Gasteiger partial charge in [0.25, 0.3) is 0 Å². The van der Waals surface area contributed by atoms with Crippen LogP contribution in [0.5, 0.6) is 0 Å². The van der Waals surface area contributed by atoms with Gasteiger partial charge < -0.3 is 4.90 Å². The Morgan fingerprint density at radius 1 is 1.00 bits per heavy atom. The average molecular weight is 411 g/mol. The van der Waals surface area contributed by atoms with Gasteiger partial charge >= 0.3 is 0 Å². The highest BCUT2D eigenvalue weighted by atomic mass is 32.1. The van der Waals surface area contributed by atoms with Gasteiger partial charge in [0.05, 0.1) is 11.6 Å². The van der Waals surface area contributed by atoms with Crippen LogP contribution in [0.3, 0.4) is 0 Å². The van der Waals surface area contributed by atoms with Crippen molar-refractivity contribution in [2.45, 2.75) is 6.42 Å². The number of rotatable bonds is 5. The third-order valence-corrected chi connectivity index (χ3v) is 5.81. The normalized spacial score (nSPS) is 14.7. The molecule has 0 unspecified atom stereocenters. The summed E-state index contributed by atoms with van der Waals surface area (Å²) in [5, 5.41) is 9.79. The maximum absolute atomic E-state index is 13.3. The smallest absolute Gasteiger partial charge is 0.205 e. The molecule has 1 aliphatic rings. The van der Waals surface area contributed by atoms with E-state index in [0.717, 1.165) is 49.0 Å². The van der Waals surface area contributed by atoms with Gasteiger partial charge in [0.1, 0.15) is 0 Å². The minimum atomic E-state index is -0.806. The Kier molecular flexibility index (Phi) is 5.79. The van der Waals surface area contributed by atoms with Crippen LogP contribution in [0.2, 0.25) is 0 Å². The highest BCUT2D eigenvalue weighted by Crippen LogP contribution is 2.25. The quantitative estimate of drug-likeness (QED) is 0.641. The molecule has 0 bridgehead atoms. The molecule has 0 saturated carbocycles. The Morgan fingerprint density at radius 2 is 1.76 bits per heavy atom. The molecule has 1 saturated heterocycles. The van der Waals surface area contributed by atoms with Crippen molar-refractivity contribution in [2.75, 3.05) is 37.6 Å². The van der Waals surface area contributed by atoms with Gasteiger partial charge in [-0.2, -0.15) is 14.6 Å². The van der Waals surface area contributed by atoms with E-state index in [2.05, 4.69) is 25.2 Å². The monoisotopic (exact) mass is 411 g/mol. The number of hydrogen-bond donors (Lipinski definition) is 0. The van der Waals surface area contributed by atoms with Crippen molar-refractivity contribution in [3.63, 3.8) is 0 Å². The Balaban J connectivity index is 1.31. The number of hydrogen-bond acceptors (Lipinski definition) is 6. The van der Waals surface area contributed by atoms with E-state index in [-0.39, 0.29) is 0 Å². The molecule has 1 aliphatic heterocycles. The van der Waals surface area contributed by atoms with Crippen molar-refractivity contribution in [1.82, 2.24) is 14.3 Å².